The first-order valence-corrected chi connectivity index (χ1v) is 5.21. The highest BCUT2D eigenvalue weighted by molar-refractivity contribution is 5.72. The molecular formula is C10H15N3O2. The van der Waals surface area contributed by atoms with Crippen LogP contribution in [0.5, 0.6) is 0 Å². The molecule has 82 valence electrons. The van der Waals surface area contributed by atoms with E-state index in [1.807, 2.05) is 16.9 Å². The summed E-state index contributed by atoms with van der Waals surface area (Å²) in [5, 5.41) is 16.1. The molecular weight excluding hydrogens is 194 g/mol. The fraction of sp³-hybridized carbons (Fsp3) is 0.600. The predicted molar refractivity (Wildman–Crippen MR) is 54.4 cm³/mol. The van der Waals surface area contributed by atoms with Crippen LogP contribution in [0.1, 0.15) is 12.8 Å². The first-order chi connectivity index (χ1) is 7.27. The SMILES string of the molecule is O=C(O)C1CCC1NCCn1cccn1. The van der Waals surface area contributed by atoms with E-state index in [-0.39, 0.29) is 12.0 Å². The lowest BCUT2D eigenvalue weighted by Gasteiger charge is -2.34. The van der Waals surface area contributed by atoms with Gasteiger partial charge in [-0.05, 0) is 18.9 Å². The molecule has 1 saturated carbocycles. The Morgan fingerprint density at radius 2 is 2.47 bits per heavy atom. The number of carbonyl (C=O) groups is 1. The van der Waals surface area contributed by atoms with Gasteiger partial charge in [-0.2, -0.15) is 5.10 Å². The Bertz CT molecular complexity index is 323. The van der Waals surface area contributed by atoms with E-state index in [0.717, 1.165) is 25.9 Å². The summed E-state index contributed by atoms with van der Waals surface area (Å²) in [6, 6.07) is 2.03. The molecule has 1 aromatic rings. The molecule has 2 atom stereocenters. The number of rotatable bonds is 5. The fourth-order valence-corrected chi connectivity index (χ4v) is 1.84. The second-order valence-electron chi connectivity index (χ2n) is 3.85. The van der Waals surface area contributed by atoms with Crippen LogP contribution in [0.25, 0.3) is 0 Å². The largest absolute Gasteiger partial charge is 0.481 e. The smallest absolute Gasteiger partial charge is 0.308 e. The molecule has 0 bridgehead atoms. The molecule has 0 amide bonds. The van der Waals surface area contributed by atoms with Gasteiger partial charge in [0.2, 0.25) is 0 Å². The van der Waals surface area contributed by atoms with Crippen molar-refractivity contribution in [2.75, 3.05) is 6.54 Å². The highest BCUT2D eigenvalue weighted by Crippen LogP contribution is 2.27. The maximum absolute atomic E-state index is 10.7. The Morgan fingerprint density at radius 1 is 1.60 bits per heavy atom. The summed E-state index contributed by atoms with van der Waals surface area (Å²) in [6.45, 7) is 1.56. The summed E-state index contributed by atoms with van der Waals surface area (Å²) in [7, 11) is 0. The van der Waals surface area contributed by atoms with Crippen molar-refractivity contribution >= 4 is 5.97 Å². The van der Waals surface area contributed by atoms with Crippen molar-refractivity contribution in [2.24, 2.45) is 5.92 Å². The number of aromatic nitrogens is 2. The van der Waals surface area contributed by atoms with Crippen molar-refractivity contribution in [3.8, 4) is 0 Å². The van der Waals surface area contributed by atoms with Crippen molar-refractivity contribution in [1.29, 1.82) is 0 Å². The van der Waals surface area contributed by atoms with Gasteiger partial charge in [-0.25, -0.2) is 0 Å². The van der Waals surface area contributed by atoms with E-state index in [1.54, 1.807) is 6.20 Å². The average molecular weight is 209 g/mol. The van der Waals surface area contributed by atoms with Gasteiger partial charge in [0.15, 0.2) is 0 Å². The van der Waals surface area contributed by atoms with E-state index in [0.29, 0.717) is 0 Å². The number of carboxylic acid groups (broad SMARTS) is 1. The van der Waals surface area contributed by atoms with Crippen molar-refractivity contribution in [3.63, 3.8) is 0 Å². The summed E-state index contributed by atoms with van der Waals surface area (Å²) in [5.74, 6) is -0.875. The Morgan fingerprint density at radius 3 is 3.00 bits per heavy atom. The molecule has 5 nitrogen and oxygen atoms in total. The zero-order valence-corrected chi connectivity index (χ0v) is 8.47. The van der Waals surface area contributed by atoms with Crippen LogP contribution in [-0.2, 0) is 11.3 Å². The first kappa shape index (κ1) is 10.2. The van der Waals surface area contributed by atoms with E-state index >= 15 is 0 Å². The number of carboxylic acids is 1. The van der Waals surface area contributed by atoms with Gasteiger partial charge in [-0.3, -0.25) is 9.48 Å². The van der Waals surface area contributed by atoms with Crippen LogP contribution in [0.15, 0.2) is 18.5 Å². The van der Waals surface area contributed by atoms with Crippen molar-refractivity contribution in [1.82, 2.24) is 15.1 Å². The van der Waals surface area contributed by atoms with Gasteiger partial charge in [0.25, 0.3) is 0 Å². The molecule has 0 aliphatic heterocycles. The lowest BCUT2D eigenvalue weighted by atomic mass is 9.79. The van der Waals surface area contributed by atoms with E-state index in [2.05, 4.69) is 10.4 Å². The van der Waals surface area contributed by atoms with Gasteiger partial charge in [0.1, 0.15) is 0 Å². The molecule has 1 aliphatic rings. The van der Waals surface area contributed by atoms with Gasteiger partial charge in [0.05, 0.1) is 12.5 Å². The van der Waals surface area contributed by atoms with Gasteiger partial charge in [-0.15, -0.1) is 0 Å². The molecule has 0 spiro atoms. The van der Waals surface area contributed by atoms with E-state index in [4.69, 9.17) is 5.11 Å². The molecule has 2 rings (SSSR count). The molecule has 15 heavy (non-hydrogen) atoms. The maximum Gasteiger partial charge on any atom is 0.308 e. The second-order valence-corrected chi connectivity index (χ2v) is 3.85. The van der Waals surface area contributed by atoms with Crippen LogP contribution in [0.2, 0.25) is 0 Å². The highest BCUT2D eigenvalue weighted by Gasteiger charge is 2.35. The quantitative estimate of drug-likeness (QED) is 0.733. The second kappa shape index (κ2) is 4.44. The summed E-state index contributed by atoms with van der Waals surface area (Å²) in [5.41, 5.74) is 0. The standard InChI is InChI=1S/C10H15N3O2/c14-10(15)8-2-3-9(8)11-5-7-13-6-1-4-12-13/h1,4,6,8-9,11H,2-3,5,7H2,(H,14,15). The molecule has 1 heterocycles. The summed E-state index contributed by atoms with van der Waals surface area (Å²) < 4.78 is 1.83. The fourth-order valence-electron chi connectivity index (χ4n) is 1.84. The van der Waals surface area contributed by atoms with Crippen LogP contribution < -0.4 is 5.32 Å². The van der Waals surface area contributed by atoms with Gasteiger partial charge in [0, 0.05) is 25.0 Å². The normalized spacial score (nSPS) is 24.8. The van der Waals surface area contributed by atoms with Gasteiger partial charge in [-0.1, -0.05) is 0 Å². The zero-order valence-electron chi connectivity index (χ0n) is 8.47. The number of nitrogens with one attached hydrogen (secondary N) is 1. The van der Waals surface area contributed by atoms with Crippen LogP contribution in [-0.4, -0.2) is 33.4 Å². The Kier molecular flexibility index (Phi) is 3.01. The van der Waals surface area contributed by atoms with E-state index in [1.165, 1.54) is 0 Å². The maximum atomic E-state index is 10.7. The molecule has 1 fully saturated rings. The lowest BCUT2D eigenvalue weighted by molar-refractivity contribution is -0.146. The minimum Gasteiger partial charge on any atom is -0.481 e. The average Bonchev–Trinajstić information content (AvgIpc) is 2.61. The summed E-state index contributed by atoms with van der Waals surface area (Å²) >= 11 is 0. The minimum atomic E-state index is -0.683. The molecule has 2 unspecified atom stereocenters. The number of hydrogen-bond donors (Lipinski definition) is 2. The van der Waals surface area contributed by atoms with E-state index in [9.17, 15) is 4.79 Å². The number of aliphatic carboxylic acids is 1. The molecule has 0 aromatic carbocycles. The first-order valence-electron chi connectivity index (χ1n) is 5.21. The van der Waals surface area contributed by atoms with Crippen LogP contribution in [0.4, 0.5) is 0 Å². The third-order valence-electron chi connectivity index (χ3n) is 2.90. The molecule has 1 aliphatic carbocycles. The molecule has 2 N–H and O–H groups in total. The third kappa shape index (κ3) is 2.36. The Labute approximate surface area is 88.1 Å². The monoisotopic (exact) mass is 209 g/mol. The van der Waals surface area contributed by atoms with Gasteiger partial charge < -0.3 is 10.4 Å². The zero-order chi connectivity index (χ0) is 10.7. The Hall–Kier alpha value is -1.36. The van der Waals surface area contributed by atoms with Crippen molar-refractivity contribution in [2.45, 2.75) is 25.4 Å². The number of hydrogen-bond acceptors (Lipinski definition) is 3. The Balaban J connectivity index is 1.68. The predicted octanol–water partition coefficient (Wildman–Crippen LogP) is 0.336. The summed E-state index contributed by atoms with van der Waals surface area (Å²) in [6.07, 6.45) is 5.41. The van der Waals surface area contributed by atoms with Crippen LogP contribution in [0, 0.1) is 5.92 Å². The van der Waals surface area contributed by atoms with Crippen LogP contribution >= 0.6 is 0 Å². The molecule has 1 aromatic heterocycles. The molecule has 0 saturated heterocycles. The third-order valence-corrected chi connectivity index (χ3v) is 2.90. The topological polar surface area (TPSA) is 67.2 Å². The minimum absolute atomic E-state index is 0.151. The van der Waals surface area contributed by atoms with Crippen LogP contribution in [0.3, 0.4) is 0 Å². The summed E-state index contributed by atoms with van der Waals surface area (Å²) in [4.78, 5) is 10.7. The van der Waals surface area contributed by atoms with Crippen molar-refractivity contribution < 1.29 is 9.90 Å². The lowest BCUT2D eigenvalue weighted by Crippen LogP contribution is -2.48. The number of nitrogens with zero attached hydrogens (tertiary/aromatic N) is 2. The van der Waals surface area contributed by atoms with Crippen molar-refractivity contribution in [3.05, 3.63) is 18.5 Å². The molecule has 5 heteroatoms. The van der Waals surface area contributed by atoms with E-state index < -0.39 is 5.97 Å². The molecule has 0 radical (unpaired) electrons. The highest BCUT2D eigenvalue weighted by atomic mass is 16.4. The van der Waals surface area contributed by atoms with Gasteiger partial charge >= 0.3 is 5.97 Å².